The Kier molecular flexibility index (Phi) is 50.4. The second kappa shape index (κ2) is 56.2. The third-order valence-corrected chi connectivity index (χ3v) is 31.4. The first-order valence-corrected chi connectivity index (χ1v) is 47.8. The molecule has 37 nitrogen and oxygen atoms in total. The zero-order valence-corrected chi connectivity index (χ0v) is 79.7. The van der Waals surface area contributed by atoms with Gasteiger partial charge in [-0.15, -0.1) is 103 Å². The van der Waals surface area contributed by atoms with Gasteiger partial charge in [0.2, 0.25) is 34.1 Å². The maximum atomic E-state index is 11.6. The number of hydrogen-bond acceptors (Lipinski definition) is 39. The van der Waals surface area contributed by atoms with E-state index in [1.165, 1.54) is 122 Å². The largest absolute Gasteiger partial charge is 0.477 e. The van der Waals surface area contributed by atoms with Gasteiger partial charge in [0.15, 0.2) is 9.84 Å². The molecule has 51 heteroatoms. The van der Waals surface area contributed by atoms with Crippen molar-refractivity contribution in [3.8, 4) is 6.07 Å². The summed E-state index contributed by atoms with van der Waals surface area (Å²) in [7, 11) is 2.74. The highest BCUT2D eigenvalue weighted by Gasteiger charge is 2.31. The van der Waals surface area contributed by atoms with Crippen LogP contribution in [0.4, 0.5) is 71.9 Å². The van der Waals surface area contributed by atoms with Crippen LogP contribution in [-0.4, -0.2) is 244 Å². The first-order valence-electron chi connectivity index (χ1n) is 33.0. The van der Waals surface area contributed by atoms with Crippen molar-refractivity contribution in [1.82, 2.24) is 5.32 Å². The number of thiol groups is 1. The summed E-state index contributed by atoms with van der Waals surface area (Å²) in [6.07, 6.45) is 7.93. The van der Waals surface area contributed by atoms with E-state index in [1.54, 1.807) is 0 Å². The second-order valence-corrected chi connectivity index (χ2v) is 37.1. The van der Waals surface area contributed by atoms with Crippen LogP contribution >= 0.6 is 161 Å². The molecule has 6 aromatic rings. The lowest BCUT2D eigenvalue weighted by Crippen LogP contribution is -2.35. The zero-order chi connectivity index (χ0) is 90.7. The number of carbonyl (C=O) groups excluding carboxylic acids is 6. The molecule has 4 saturated heterocycles. The maximum Gasteiger partial charge on any atom is 0.348 e. The minimum atomic E-state index is -3.57. The van der Waals surface area contributed by atoms with Crippen LogP contribution in [0.2, 0.25) is 0 Å². The SMILES string of the molecule is C1COCCN1.COC(=O)CS.[C-]#[N+]C(C#N)=C(SC)SC.[C-]#[N+]c1c(N2CCOCC2)sc(C(=O)O)c1I.[C-]#[N+]c1c(N2CCOCC2)sc(C(=O)OC)c1I.[C-]#[N+]c1c(N2CCOCC2)sc(C(=O)OC)c1N.[C-]#[N+]c1c(S(C)(=O)=O)sc(C(=O)OC)c1N.[C-]#[N+]c1c(S(C)=O)sc(C(=O)OC)c1N.[C-]#[N+]c1c(SC)sc(C(=O)OC)c1N. The number of carboxylic acids is 1. The predicted octanol–water partition coefficient (Wildman–Crippen LogP) is 13.4. The highest BCUT2D eigenvalue weighted by Crippen LogP contribution is 2.49. The molecule has 4 fully saturated rings. The van der Waals surface area contributed by atoms with Gasteiger partial charge < -0.3 is 95.4 Å². The molecular weight excluding hydrogens is 2030 g/mol. The van der Waals surface area contributed by atoms with E-state index < -0.39 is 50.5 Å². The van der Waals surface area contributed by atoms with E-state index in [0.29, 0.717) is 126 Å². The third-order valence-electron chi connectivity index (χ3n) is 14.6. The summed E-state index contributed by atoms with van der Waals surface area (Å²) in [4.78, 5) is 108. The summed E-state index contributed by atoms with van der Waals surface area (Å²) < 4.78 is 84.7. The number of ether oxygens (including phenoxy) is 10. The molecule has 10 rings (SSSR count). The Morgan fingerprint density at radius 1 is 0.533 bits per heavy atom. The molecular formula is C69H78I2N16O21S12. The van der Waals surface area contributed by atoms with Gasteiger partial charge in [-0.25, -0.2) is 76.4 Å². The lowest BCUT2D eigenvalue weighted by atomic mass is 10.3. The lowest BCUT2D eigenvalue weighted by molar-refractivity contribution is -0.137. The summed E-state index contributed by atoms with van der Waals surface area (Å²) in [5.41, 5.74) is 24.7. The number of nitrogen functional groups attached to an aromatic ring is 4. The van der Waals surface area contributed by atoms with Crippen molar-refractivity contribution in [2.75, 3.05) is 223 Å². The van der Waals surface area contributed by atoms with Crippen molar-refractivity contribution in [3.63, 3.8) is 0 Å². The summed E-state index contributed by atoms with van der Waals surface area (Å²) in [6.45, 7) is 60.8. The van der Waals surface area contributed by atoms with Crippen molar-refractivity contribution >= 4 is 295 Å². The lowest BCUT2D eigenvalue weighted by Gasteiger charge is -2.27. The number of thiophene rings is 6. The van der Waals surface area contributed by atoms with Gasteiger partial charge in [0, 0.05) is 82.8 Å². The molecule has 1 atom stereocenters. The highest BCUT2D eigenvalue weighted by molar-refractivity contribution is 14.1. The minimum Gasteiger partial charge on any atom is -0.477 e. The van der Waals surface area contributed by atoms with Gasteiger partial charge in [-0.2, -0.15) is 12.6 Å². The normalized spacial score (nSPS) is 13.0. The van der Waals surface area contributed by atoms with Gasteiger partial charge in [-0.05, 0) is 18.8 Å². The van der Waals surface area contributed by atoms with Crippen LogP contribution in [0, 0.1) is 64.5 Å². The fraction of sp³-hybridized carbons (Fsp3) is 0.406. The Hall–Kier alpha value is -8.49. The molecule has 0 bridgehead atoms. The van der Waals surface area contributed by atoms with Crippen LogP contribution in [0.5, 0.6) is 0 Å². The van der Waals surface area contributed by atoms with Gasteiger partial charge in [-0.1, -0.05) is 45.2 Å². The second-order valence-electron chi connectivity index (χ2n) is 21.8. The number of nitrogens with two attached hydrogens (primary N) is 4. The quantitative estimate of drug-likeness (QED) is 0.00955. The molecule has 0 aliphatic carbocycles. The number of methoxy groups -OCH3 is 6. The van der Waals surface area contributed by atoms with Crippen LogP contribution in [0.3, 0.4) is 0 Å². The number of anilines is 7. The standard InChI is InChI=1S/C11H11IN2O3S.C11H13N3O3S.C10H9IN2O3S.C8H8N2O4S2.C8H8N2O3S2.C8H8N2O2S2.C6H6N2S2.C4H9NO.C3H6O2S/c2*1-13-8-7(12)9(11(15)16-2)18-10(8)14-3-5-17-6-4-14;1-12-7-6(11)8(10(14)15)17-9(7)13-2-4-16-5-3-13;1-10-5-4(9)6(7(11)14-2)15-8(5)16(3,12)13;1-10-5-4(9)6(7(11)13-2)14-8(5)15(3)12;1-10-5-4(9)6(7(11)12-2)14-8(5)13-3;1-8-5(4-7)6(9-2)10-3;1-3-6-4-2-5-1;1-5-3(4)2-6/h3-6H2,2H3;3-6,12H2,2H3;2-5H2,(H,14,15);9H2,2-3H3;9H2,2-3H3;9H2,2-3H3;2-3H3;5H,1-4H2;6H,2H2,1H3. The van der Waals surface area contributed by atoms with Crippen LogP contribution in [-0.2, 0) is 72.8 Å². The number of nitrogens with one attached hydrogen (secondary N) is 1. The molecule has 4 aliphatic heterocycles. The number of carboxylic acid groups (broad SMARTS) is 1. The molecule has 0 saturated carbocycles. The number of nitrogens with zero attached hydrogens (tertiary/aromatic N) is 11. The zero-order valence-electron chi connectivity index (χ0n) is 65.6. The average Bonchev–Trinajstić information content (AvgIpc) is 1.63. The van der Waals surface area contributed by atoms with Gasteiger partial charge in [0.1, 0.15) is 37.7 Å². The van der Waals surface area contributed by atoms with Crippen LogP contribution < -0.4 is 43.0 Å². The van der Waals surface area contributed by atoms with Gasteiger partial charge >= 0.3 is 41.8 Å². The third kappa shape index (κ3) is 31.1. The molecule has 4 aliphatic rings. The summed E-state index contributed by atoms with van der Waals surface area (Å²) in [6, 6.07) is 1.84. The number of sulfone groups is 1. The average molecular weight is 2110 g/mol. The molecule has 6 aromatic heterocycles. The van der Waals surface area contributed by atoms with Gasteiger partial charge in [-0.3, -0.25) is 9.00 Å². The number of hydrogen-bond donors (Lipinski definition) is 7. The summed E-state index contributed by atoms with van der Waals surface area (Å²) in [5, 5.41) is 23.0. The predicted molar refractivity (Wildman–Crippen MR) is 492 cm³/mol. The molecule has 0 spiro atoms. The van der Waals surface area contributed by atoms with E-state index in [-0.39, 0.29) is 76.4 Å². The number of morpholine rings is 4. The van der Waals surface area contributed by atoms with Crippen molar-refractivity contribution in [2.24, 2.45) is 0 Å². The van der Waals surface area contributed by atoms with Crippen LogP contribution in [0.1, 0.15) is 58.0 Å². The van der Waals surface area contributed by atoms with E-state index in [1.807, 2.05) is 79.8 Å². The molecule has 10 heterocycles. The number of esters is 6. The van der Waals surface area contributed by atoms with Crippen LogP contribution in [0.25, 0.3) is 33.9 Å². The van der Waals surface area contributed by atoms with E-state index >= 15 is 0 Å². The van der Waals surface area contributed by atoms with E-state index in [4.69, 9.17) is 103 Å². The van der Waals surface area contributed by atoms with Gasteiger partial charge in [0.25, 0.3) is 5.70 Å². The summed E-state index contributed by atoms with van der Waals surface area (Å²) in [5.74, 6) is -3.83. The van der Waals surface area contributed by atoms with Gasteiger partial charge in [0.05, 0.1) is 200 Å². The Morgan fingerprint density at radius 2 is 0.867 bits per heavy atom. The number of aromatic carboxylic acids is 1. The number of rotatable bonds is 15. The van der Waals surface area contributed by atoms with Crippen molar-refractivity contribution in [3.05, 3.63) is 126 Å². The van der Waals surface area contributed by atoms with E-state index in [9.17, 15) is 46.2 Å². The summed E-state index contributed by atoms with van der Waals surface area (Å²) >= 11 is 18.3. The Bertz CT molecular complexity index is 4990. The van der Waals surface area contributed by atoms with Crippen LogP contribution in [0.15, 0.2) is 22.6 Å². The molecule has 646 valence electrons. The highest BCUT2D eigenvalue weighted by atomic mass is 127. The molecule has 0 radical (unpaired) electrons. The monoisotopic (exact) mass is 2100 g/mol. The molecule has 120 heavy (non-hydrogen) atoms. The number of thioether (sulfide) groups is 3. The molecule has 10 N–H and O–H groups in total. The van der Waals surface area contributed by atoms with E-state index in [2.05, 4.69) is 80.4 Å². The molecule has 0 aromatic carbocycles. The maximum absolute atomic E-state index is 11.6. The minimum absolute atomic E-state index is 0.0482. The van der Waals surface area contributed by atoms with E-state index in [0.717, 1.165) is 87.5 Å². The molecule has 0 amide bonds. The Labute approximate surface area is 764 Å². The number of allylic oxidation sites excluding steroid dienone is 1. The Balaban J connectivity index is 0.000000466. The first-order chi connectivity index (χ1) is 57.1. The number of carbonyl (C=O) groups is 7. The number of nitriles is 1. The number of halogens is 2. The fourth-order valence-corrected chi connectivity index (χ4v) is 21.6. The topological polar surface area (TPSA) is 463 Å². The first kappa shape index (κ1) is 108. The smallest absolute Gasteiger partial charge is 0.348 e. The van der Waals surface area contributed by atoms with Crippen molar-refractivity contribution < 1.29 is 98.7 Å². The Morgan fingerprint density at radius 3 is 1.14 bits per heavy atom. The molecule has 1 unspecified atom stereocenters. The van der Waals surface area contributed by atoms with Crippen molar-refractivity contribution in [1.29, 1.82) is 5.26 Å². The fourth-order valence-electron chi connectivity index (χ4n) is 8.90. The van der Waals surface area contributed by atoms with Crippen molar-refractivity contribution in [2.45, 2.75) is 12.6 Å².